The highest BCUT2D eigenvalue weighted by molar-refractivity contribution is 5.46. The van der Waals surface area contributed by atoms with Crippen LogP contribution in [0, 0.1) is 17.0 Å². The number of rotatable bonds is 8. The molecule has 100 valence electrons. The second kappa shape index (κ2) is 7.57. The molecule has 0 aliphatic rings. The third kappa shape index (κ3) is 4.64. The van der Waals surface area contributed by atoms with Gasteiger partial charge in [-0.3, -0.25) is 10.1 Å². The molecule has 18 heavy (non-hydrogen) atoms. The van der Waals surface area contributed by atoms with E-state index in [2.05, 4.69) is 15.6 Å². The minimum atomic E-state index is -0.432. The highest BCUT2D eigenvalue weighted by Crippen LogP contribution is 2.18. The Labute approximate surface area is 106 Å². The summed E-state index contributed by atoms with van der Waals surface area (Å²) in [5.74, 6) is 0.645. The second-order valence-corrected chi connectivity index (χ2v) is 3.78. The molecule has 0 fully saturated rings. The van der Waals surface area contributed by atoms with Crippen LogP contribution in [0.5, 0.6) is 0 Å². The van der Waals surface area contributed by atoms with Gasteiger partial charge in [-0.25, -0.2) is 4.98 Å². The molecule has 0 saturated heterocycles. The molecule has 0 aromatic carbocycles. The van der Waals surface area contributed by atoms with Crippen LogP contribution >= 0.6 is 0 Å². The van der Waals surface area contributed by atoms with Gasteiger partial charge in [0.1, 0.15) is 12.0 Å². The van der Waals surface area contributed by atoms with Crippen LogP contribution < -0.4 is 10.6 Å². The molecule has 0 spiro atoms. The summed E-state index contributed by atoms with van der Waals surface area (Å²) in [7, 11) is 1.66. The van der Waals surface area contributed by atoms with Gasteiger partial charge in [0, 0.05) is 32.3 Å². The van der Waals surface area contributed by atoms with E-state index in [9.17, 15) is 10.1 Å². The van der Waals surface area contributed by atoms with E-state index in [1.165, 1.54) is 6.20 Å². The summed E-state index contributed by atoms with van der Waals surface area (Å²) >= 11 is 0. The van der Waals surface area contributed by atoms with Gasteiger partial charge in [0.05, 0.1) is 11.5 Å². The van der Waals surface area contributed by atoms with Gasteiger partial charge in [-0.1, -0.05) is 0 Å². The third-order valence-electron chi connectivity index (χ3n) is 2.37. The molecule has 1 aromatic rings. The zero-order chi connectivity index (χ0) is 13.4. The van der Waals surface area contributed by atoms with Crippen molar-refractivity contribution in [3.63, 3.8) is 0 Å². The second-order valence-electron chi connectivity index (χ2n) is 3.78. The Morgan fingerprint density at radius 3 is 2.83 bits per heavy atom. The summed E-state index contributed by atoms with van der Waals surface area (Å²) in [5, 5.41) is 16.9. The lowest BCUT2D eigenvalue weighted by atomic mass is 10.2. The topological polar surface area (TPSA) is 89.3 Å². The van der Waals surface area contributed by atoms with Crippen LogP contribution in [0.4, 0.5) is 11.5 Å². The molecule has 0 radical (unpaired) electrons. The predicted octanol–water partition coefficient (Wildman–Crippen LogP) is 0.946. The number of aryl methyl sites for hydroxylation is 1. The number of nitro groups is 1. The van der Waals surface area contributed by atoms with Crippen molar-refractivity contribution < 1.29 is 9.66 Å². The first-order chi connectivity index (χ1) is 8.65. The fourth-order valence-corrected chi connectivity index (χ4v) is 1.41. The Morgan fingerprint density at radius 1 is 1.44 bits per heavy atom. The number of nitrogens with one attached hydrogen (secondary N) is 2. The van der Waals surface area contributed by atoms with Crippen molar-refractivity contribution >= 4 is 11.5 Å². The maximum Gasteiger partial charge on any atom is 0.290 e. The van der Waals surface area contributed by atoms with Crippen LogP contribution in [0.2, 0.25) is 0 Å². The largest absolute Gasteiger partial charge is 0.383 e. The molecule has 7 heteroatoms. The van der Waals surface area contributed by atoms with Gasteiger partial charge in [-0.15, -0.1) is 0 Å². The van der Waals surface area contributed by atoms with Crippen LogP contribution in [-0.2, 0) is 4.74 Å². The van der Waals surface area contributed by atoms with E-state index in [1.807, 2.05) is 0 Å². The van der Waals surface area contributed by atoms with Crippen molar-refractivity contribution in [2.75, 3.05) is 38.7 Å². The maximum absolute atomic E-state index is 10.6. The van der Waals surface area contributed by atoms with Crippen molar-refractivity contribution in [1.82, 2.24) is 10.3 Å². The summed E-state index contributed by atoms with van der Waals surface area (Å²) in [6.45, 7) is 4.65. The molecule has 1 heterocycles. The fraction of sp³-hybridized carbons (Fsp3) is 0.545. The highest BCUT2D eigenvalue weighted by Gasteiger charge is 2.10. The van der Waals surface area contributed by atoms with E-state index >= 15 is 0 Å². The quantitative estimate of drug-likeness (QED) is 0.408. The molecular formula is C11H18N4O3. The maximum atomic E-state index is 10.6. The normalized spacial score (nSPS) is 10.3. The van der Waals surface area contributed by atoms with Crippen molar-refractivity contribution in [2.45, 2.75) is 6.92 Å². The van der Waals surface area contributed by atoms with Gasteiger partial charge in [0.25, 0.3) is 5.69 Å². The Kier molecular flexibility index (Phi) is 6.03. The number of aromatic nitrogens is 1. The smallest absolute Gasteiger partial charge is 0.290 e. The Hall–Kier alpha value is -1.73. The summed E-state index contributed by atoms with van der Waals surface area (Å²) in [5.41, 5.74) is 0.642. The number of hydrogen-bond donors (Lipinski definition) is 2. The van der Waals surface area contributed by atoms with Crippen LogP contribution in [0.1, 0.15) is 5.56 Å². The zero-order valence-corrected chi connectivity index (χ0v) is 10.6. The molecule has 0 saturated carbocycles. The lowest BCUT2D eigenvalue weighted by molar-refractivity contribution is -0.385. The average molecular weight is 254 g/mol. The predicted molar refractivity (Wildman–Crippen MR) is 68.9 cm³/mol. The number of anilines is 1. The molecule has 7 nitrogen and oxygen atoms in total. The van der Waals surface area contributed by atoms with Crippen LogP contribution in [0.3, 0.4) is 0 Å². The molecule has 1 aromatic heterocycles. The lowest BCUT2D eigenvalue weighted by Crippen LogP contribution is -2.25. The van der Waals surface area contributed by atoms with E-state index in [0.717, 1.165) is 13.1 Å². The van der Waals surface area contributed by atoms with E-state index < -0.39 is 4.92 Å². The van der Waals surface area contributed by atoms with Crippen LogP contribution in [0.25, 0.3) is 0 Å². The Balaban J connectivity index is 2.35. The van der Waals surface area contributed by atoms with Crippen molar-refractivity contribution in [3.8, 4) is 0 Å². The Bertz CT molecular complexity index is 398. The number of nitrogens with zero attached hydrogens (tertiary/aromatic N) is 2. The number of hydrogen-bond acceptors (Lipinski definition) is 6. The molecule has 1 rings (SSSR count). The molecule has 0 amide bonds. The molecule has 0 unspecified atom stereocenters. The van der Waals surface area contributed by atoms with Crippen LogP contribution in [-0.4, -0.2) is 43.3 Å². The first-order valence-corrected chi connectivity index (χ1v) is 5.69. The molecule has 2 N–H and O–H groups in total. The summed E-state index contributed by atoms with van der Waals surface area (Å²) < 4.78 is 4.90. The van der Waals surface area contributed by atoms with Gasteiger partial charge in [-0.05, 0) is 13.0 Å². The van der Waals surface area contributed by atoms with Crippen molar-refractivity contribution in [1.29, 1.82) is 0 Å². The Morgan fingerprint density at radius 2 is 2.22 bits per heavy atom. The van der Waals surface area contributed by atoms with E-state index in [1.54, 1.807) is 20.1 Å². The van der Waals surface area contributed by atoms with Gasteiger partial charge >= 0.3 is 0 Å². The van der Waals surface area contributed by atoms with Crippen LogP contribution in [0.15, 0.2) is 12.3 Å². The number of methoxy groups -OCH3 is 1. The number of ether oxygens (including phenoxy) is 1. The van der Waals surface area contributed by atoms with Gasteiger partial charge in [-0.2, -0.15) is 0 Å². The first-order valence-electron chi connectivity index (χ1n) is 5.69. The molecule has 0 aliphatic heterocycles. The lowest BCUT2D eigenvalue weighted by Gasteiger charge is -2.07. The molecule has 0 atom stereocenters. The molecule has 0 bridgehead atoms. The van der Waals surface area contributed by atoms with E-state index in [-0.39, 0.29) is 5.69 Å². The zero-order valence-electron chi connectivity index (χ0n) is 10.6. The average Bonchev–Trinajstić information content (AvgIpc) is 2.33. The van der Waals surface area contributed by atoms with Crippen molar-refractivity contribution in [3.05, 3.63) is 27.9 Å². The van der Waals surface area contributed by atoms with E-state index in [0.29, 0.717) is 24.5 Å². The van der Waals surface area contributed by atoms with E-state index in [4.69, 9.17) is 4.74 Å². The molecule has 0 aliphatic carbocycles. The molecular weight excluding hydrogens is 236 g/mol. The summed E-state index contributed by atoms with van der Waals surface area (Å²) in [6.07, 6.45) is 1.27. The number of pyridine rings is 1. The first kappa shape index (κ1) is 14.3. The minimum absolute atomic E-state index is 0.0405. The summed E-state index contributed by atoms with van der Waals surface area (Å²) in [4.78, 5) is 14.2. The fourth-order valence-electron chi connectivity index (χ4n) is 1.41. The van der Waals surface area contributed by atoms with Crippen molar-refractivity contribution in [2.24, 2.45) is 0 Å². The van der Waals surface area contributed by atoms with Gasteiger partial charge < -0.3 is 15.4 Å². The van der Waals surface area contributed by atoms with Gasteiger partial charge in [0.15, 0.2) is 0 Å². The monoisotopic (exact) mass is 254 g/mol. The summed E-state index contributed by atoms with van der Waals surface area (Å²) in [6, 6.07) is 1.67. The SMILES string of the molecule is COCCNCCNc1cc(C)c([N+](=O)[O-])cn1. The van der Waals surface area contributed by atoms with Gasteiger partial charge in [0.2, 0.25) is 0 Å². The third-order valence-corrected chi connectivity index (χ3v) is 2.37. The minimum Gasteiger partial charge on any atom is -0.383 e. The standard InChI is InChI=1S/C11H18N4O3/c1-9-7-11(14-8-10(9)15(16)17)13-4-3-12-5-6-18-2/h7-8,12H,3-6H2,1-2H3,(H,13,14). The highest BCUT2D eigenvalue weighted by atomic mass is 16.6.